The molecule has 0 radical (unpaired) electrons. The van der Waals surface area contributed by atoms with Crippen LogP contribution in [0.4, 0.5) is 4.79 Å². The molecule has 0 spiro atoms. The predicted octanol–water partition coefficient (Wildman–Crippen LogP) is 2.54. The number of hydrogen-bond donors (Lipinski definition) is 1. The minimum Gasteiger partial charge on any atom is -0.450 e. The largest absolute Gasteiger partial charge is 0.450 e. The van der Waals surface area contributed by atoms with Crippen molar-refractivity contribution in [3.05, 3.63) is 34.9 Å². The van der Waals surface area contributed by atoms with Gasteiger partial charge in [0.05, 0.1) is 12.7 Å². The number of carbonyl (C=O) groups is 1. The number of carbonyl (C=O) groups excluding carboxylic acids is 1. The second-order valence-electron chi connectivity index (χ2n) is 5.38. The maximum absolute atomic E-state index is 11.6. The Hall–Kier alpha value is -1.30. The molecule has 1 aromatic rings. The molecule has 0 aromatic heterocycles. The number of rotatable bonds is 5. The predicted molar refractivity (Wildman–Crippen MR) is 86.1 cm³/mol. The van der Waals surface area contributed by atoms with Crippen LogP contribution in [-0.2, 0) is 4.74 Å². The van der Waals surface area contributed by atoms with Gasteiger partial charge in [0.1, 0.15) is 0 Å². The van der Waals surface area contributed by atoms with Crippen molar-refractivity contribution in [1.29, 1.82) is 0 Å². The van der Waals surface area contributed by atoms with Gasteiger partial charge in [0, 0.05) is 37.7 Å². The van der Waals surface area contributed by atoms with E-state index in [2.05, 4.69) is 4.90 Å². The van der Waals surface area contributed by atoms with Gasteiger partial charge in [-0.25, -0.2) is 4.79 Å². The molecule has 1 heterocycles. The molecule has 0 saturated carbocycles. The van der Waals surface area contributed by atoms with Crippen molar-refractivity contribution in [3.63, 3.8) is 0 Å². The standard InChI is InChI=1S/C16H23ClN2O3/c1-2-22-16(21)19-11-9-18(10-12-19)8-7-15(20)13-3-5-14(17)6-4-13/h3-6,15,20H,2,7-12H2,1H3. The first-order valence-electron chi connectivity index (χ1n) is 7.67. The van der Waals surface area contributed by atoms with E-state index in [1.54, 1.807) is 17.0 Å². The quantitative estimate of drug-likeness (QED) is 0.903. The third-order valence-electron chi connectivity index (χ3n) is 3.87. The number of nitrogens with zero attached hydrogens (tertiary/aromatic N) is 2. The molecule has 6 heteroatoms. The summed E-state index contributed by atoms with van der Waals surface area (Å²) < 4.78 is 5.00. The van der Waals surface area contributed by atoms with E-state index >= 15 is 0 Å². The number of piperazine rings is 1. The van der Waals surface area contributed by atoms with Crippen molar-refractivity contribution in [2.45, 2.75) is 19.4 Å². The van der Waals surface area contributed by atoms with E-state index in [1.807, 2.05) is 19.1 Å². The lowest BCUT2D eigenvalue weighted by atomic mass is 10.1. The maximum Gasteiger partial charge on any atom is 0.409 e. The van der Waals surface area contributed by atoms with Crippen LogP contribution in [0.2, 0.25) is 5.02 Å². The number of benzene rings is 1. The van der Waals surface area contributed by atoms with Gasteiger partial charge in [-0.15, -0.1) is 0 Å². The molecule has 1 aliphatic heterocycles. The van der Waals surface area contributed by atoms with Crippen molar-refractivity contribution >= 4 is 17.7 Å². The molecule has 0 aliphatic carbocycles. The molecule has 1 unspecified atom stereocenters. The zero-order chi connectivity index (χ0) is 15.9. The van der Waals surface area contributed by atoms with Gasteiger partial charge in [0.2, 0.25) is 0 Å². The van der Waals surface area contributed by atoms with Crippen LogP contribution in [0.5, 0.6) is 0 Å². The van der Waals surface area contributed by atoms with Crippen LogP contribution >= 0.6 is 11.6 Å². The average molecular weight is 327 g/mol. The van der Waals surface area contributed by atoms with Crippen molar-refractivity contribution in [1.82, 2.24) is 9.80 Å². The molecular formula is C16H23ClN2O3. The lowest BCUT2D eigenvalue weighted by molar-refractivity contribution is 0.0725. The molecule has 1 aromatic carbocycles. The fraction of sp³-hybridized carbons (Fsp3) is 0.562. The molecule has 1 saturated heterocycles. The summed E-state index contributed by atoms with van der Waals surface area (Å²) in [4.78, 5) is 15.6. The molecule has 22 heavy (non-hydrogen) atoms. The van der Waals surface area contributed by atoms with E-state index in [4.69, 9.17) is 16.3 Å². The Balaban J connectivity index is 1.72. The molecule has 1 amide bonds. The van der Waals surface area contributed by atoms with Gasteiger partial charge in [-0.1, -0.05) is 23.7 Å². The topological polar surface area (TPSA) is 53.0 Å². The van der Waals surface area contributed by atoms with Crippen LogP contribution < -0.4 is 0 Å². The first-order valence-corrected chi connectivity index (χ1v) is 8.05. The fourth-order valence-corrected chi connectivity index (χ4v) is 2.65. The third kappa shape index (κ3) is 4.87. The maximum atomic E-state index is 11.6. The second-order valence-corrected chi connectivity index (χ2v) is 5.82. The molecule has 1 aliphatic rings. The van der Waals surface area contributed by atoms with E-state index in [9.17, 15) is 9.90 Å². The number of amides is 1. The fourth-order valence-electron chi connectivity index (χ4n) is 2.53. The zero-order valence-electron chi connectivity index (χ0n) is 12.9. The summed E-state index contributed by atoms with van der Waals surface area (Å²) in [6.45, 7) is 6.00. The summed E-state index contributed by atoms with van der Waals surface area (Å²) in [6.07, 6.45) is -0.0511. The Kier molecular flexibility index (Phi) is 6.49. The van der Waals surface area contributed by atoms with Gasteiger partial charge in [0.15, 0.2) is 0 Å². The van der Waals surface area contributed by atoms with Crippen molar-refractivity contribution in [2.24, 2.45) is 0 Å². The minimum absolute atomic E-state index is 0.233. The summed E-state index contributed by atoms with van der Waals surface area (Å²) in [5.41, 5.74) is 0.884. The molecule has 122 valence electrons. The lowest BCUT2D eigenvalue weighted by Crippen LogP contribution is -2.49. The van der Waals surface area contributed by atoms with E-state index in [1.165, 1.54) is 0 Å². The van der Waals surface area contributed by atoms with Crippen LogP contribution in [0.3, 0.4) is 0 Å². The van der Waals surface area contributed by atoms with Gasteiger partial charge < -0.3 is 14.7 Å². The summed E-state index contributed by atoms with van der Waals surface area (Å²) >= 11 is 5.84. The Morgan fingerprint density at radius 2 is 1.91 bits per heavy atom. The summed E-state index contributed by atoms with van der Waals surface area (Å²) in [7, 11) is 0. The number of aliphatic hydroxyl groups excluding tert-OH is 1. The number of ether oxygens (including phenoxy) is 1. The highest BCUT2D eigenvalue weighted by Gasteiger charge is 2.22. The Labute approximate surface area is 136 Å². The highest BCUT2D eigenvalue weighted by atomic mass is 35.5. The Morgan fingerprint density at radius 1 is 1.27 bits per heavy atom. The summed E-state index contributed by atoms with van der Waals surface area (Å²) in [6, 6.07) is 7.29. The van der Waals surface area contributed by atoms with Crippen LogP contribution in [0.15, 0.2) is 24.3 Å². The van der Waals surface area contributed by atoms with Gasteiger partial charge in [-0.2, -0.15) is 0 Å². The SMILES string of the molecule is CCOC(=O)N1CCN(CCC(O)c2ccc(Cl)cc2)CC1. The normalized spacial score (nSPS) is 17.3. The first-order chi connectivity index (χ1) is 10.6. The highest BCUT2D eigenvalue weighted by Crippen LogP contribution is 2.19. The van der Waals surface area contributed by atoms with E-state index in [0.29, 0.717) is 31.1 Å². The first kappa shape index (κ1) is 17.1. The van der Waals surface area contributed by atoms with Crippen LogP contribution in [0, 0.1) is 0 Å². The summed E-state index contributed by atoms with van der Waals surface area (Å²) in [5, 5.41) is 10.9. The number of hydrogen-bond acceptors (Lipinski definition) is 4. The molecule has 1 fully saturated rings. The summed E-state index contributed by atoms with van der Waals surface area (Å²) in [5.74, 6) is 0. The molecule has 1 N–H and O–H groups in total. The van der Waals surface area contributed by atoms with Crippen molar-refractivity contribution < 1.29 is 14.6 Å². The monoisotopic (exact) mass is 326 g/mol. The Morgan fingerprint density at radius 3 is 2.50 bits per heavy atom. The Bertz CT molecular complexity index is 473. The molecular weight excluding hydrogens is 304 g/mol. The zero-order valence-corrected chi connectivity index (χ0v) is 13.6. The van der Waals surface area contributed by atoms with Crippen molar-refractivity contribution in [3.8, 4) is 0 Å². The smallest absolute Gasteiger partial charge is 0.409 e. The second kappa shape index (κ2) is 8.36. The van der Waals surface area contributed by atoms with Gasteiger partial charge in [-0.05, 0) is 31.0 Å². The van der Waals surface area contributed by atoms with Crippen LogP contribution in [0.1, 0.15) is 25.0 Å². The van der Waals surface area contributed by atoms with E-state index in [-0.39, 0.29) is 6.09 Å². The van der Waals surface area contributed by atoms with Crippen molar-refractivity contribution in [2.75, 3.05) is 39.3 Å². The number of aliphatic hydroxyl groups is 1. The number of halogens is 1. The van der Waals surface area contributed by atoms with E-state index in [0.717, 1.165) is 25.2 Å². The highest BCUT2D eigenvalue weighted by molar-refractivity contribution is 6.30. The molecule has 1 atom stereocenters. The lowest BCUT2D eigenvalue weighted by Gasteiger charge is -2.34. The van der Waals surface area contributed by atoms with Gasteiger partial charge >= 0.3 is 6.09 Å². The molecule has 0 bridgehead atoms. The average Bonchev–Trinajstić information content (AvgIpc) is 2.54. The van der Waals surface area contributed by atoms with Gasteiger partial charge in [0.25, 0.3) is 0 Å². The van der Waals surface area contributed by atoms with E-state index < -0.39 is 6.10 Å². The van der Waals surface area contributed by atoms with Crippen LogP contribution in [-0.4, -0.2) is 60.3 Å². The van der Waals surface area contributed by atoms with Crippen LogP contribution in [0.25, 0.3) is 0 Å². The third-order valence-corrected chi connectivity index (χ3v) is 4.12. The molecule has 5 nitrogen and oxygen atoms in total. The minimum atomic E-state index is -0.486. The van der Waals surface area contributed by atoms with Gasteiger partial charge in [-0.3, -0.25) is 4.90 Å². The molecule has 2 rings (SSSR count).